The predicted octanol–water partition coefficient (Wildman–Crippen LogP) is 3.74. The van der Waals surface area contributed by atoms with Crippen molar-refractivity contribution in [2.24, 2.45) is 4.99 Å². The number of nitrogens with zero attached hydrogens (tertiary/aromatic N) is 2. The lowest BCUT2D eigenvalue weighted by Gasteiger charge is -2.27. The van der Waals surface area contributed by atoms with E-state index in [0.717, 1.165) is 70.5 Å². The average Bonchev–Trinajstić information content (AvgIpc) is 3.29. The third-order valence-corrected chi connectivity index (χ3v) is 5.64. The molecule has 30 heavy (non-hydrogen) atoms. The zero-order valence-corrected chi connectivity index (χ0v) is 20.7. The van der Waals surface area contributed by atoms with Crippen LogP contribution in [0.5, 0.6) is 5.75 Å². The Morgan fingerprint density at radius 1 is 1.20 bits per heavy atom. The maximum absolute atomic E-state index is 5.39. The van der Waals surface area contributed by atoms with Gasteiger partial charge in [0.15, 0.2) is 5.96 Å². The summed E-state index contributed by atoms with van der Waals surface area (Å²) >= 11 is 0. The summed E-state index contributed by atoms with van der Waals surface area (Å²) in [5, 5.41) is 6.89. The molecule has 1 aromatic rings. The van der Waals surface area contributed by atoms with E-state index in [0.29, 0.717) is 6.04 Å². The summed E-state index contributed by atoms with van der Waals surface area (Å²) < 4.78 is 10.7. The third kappa shape index (κ3) is 7.74. The zero-order valence-electron chi connectivity index (χ0n) is 18.4. The maximum atomic E-state index is 5.39. The van der Waals surface area contributed by atoms with E-state index in [1.54, 1.807) is 7.11 Å². The molecule has 1 fully saturated rings. The Hall–Kier alpha value is -1.32. The van der Waals surface area contributed by atoms with Crippen LogP contribution in [0.3, 0.4) is 0 Å². The molecule has 0 amide bonds. The number of hydrogen-bond donors (Lipinski definition) is 2. The summed E-state index contributed by atoms with van der Waals surface area (Å²) in [6, 6.07) is 8.75. The van der Waals surface area contributed by atoms with Gasteiger partial charge in [0.05, 0.1) is 32.9 Å². The second kappa shape index (κ2) is 13.9. The molecule has 1 aromatic carbocycles. The fraction of sp³-hybridized carbons (Fsp3) is 0.609. The van der Waals surface area contributed by atoms with E-state index in [1.165, 1.54) is 24.0 Å². The molecule has 0 spiro atoms. The van der Waals surface area contributed by atoms with Crippen LogP contribution in [0, 0.1) is 0 Å². The molecule has 0 bridgehead atoms. The Balaban J connectivity index is 0.00000320. The summed E-state index contributed by atoms with van der Waals surface area (Å²) in [5.74, 6) is 1.80. The largest absolute Gasteiger partial charge is 0.497 e. The SMILES string of the molecule is CCNC(=NCC(c1ccc(OC)cc1)N1CCCC1)NCCC1=CCOCC1.I. The van der Waals surface area contributed by atoms with Gasteiger partial charge in [0.2, 0.25) is 0 Å². The molecule has 1 unspecified atom stereocenters. The normalized spacial score (nSPS) is 18.3. The van der Waals surface area contributed by atoms with Crippen molar-refractivity contribution in [1.29, 1.82) is 0 Å². The highest BCUT2D eigenvalue weighted by molar-refractivity contribution is 14.0. The fourth-order valence-corrected chi connectivity index (χ4v) is 3.96. The number of guanidine groups is 1. The molecule has 0 aliphatic carbocycles. The number of nitrogens with one attached hydrogen (secondary N) is 2. The molecule has 168 valence electrons. The van der Waals surface area contributed by atoms with Crippen LogP contribution in [0.2, 0.25) is 0 Å². The Bertz CT molecular complexity index is 672. The summed E-state index contributed by atoms with van der Waals surface area (Å²) in [4.78, 5) is 7.49. The van der Waals surface area contributed by atoms with Crippen molar-refractivity contribution < 1.29 is 9.47 Å². The molecular weight excluding hydrogens is 491 g/mol. The molecule has 1 atom stereocenters. The monoisotopic (exact) mass is 528 g/mol. The van der Waals surface area contributed by atoms with Crippen molar-refractivity contribution >= 4 is 29.9 Å². The molecule has 1 saturated heterocycles. The first-order valence-corrected chi connectivity index (χ1v) is 11.0. The molecule has 7 heteroatoms. The molecule has 2 heterocycles. The number of benzene rings is 1. The molecule has 2 aliphatic rings. The summed E-state index contributed by atoms with van der Waals surface area (Å²) in [6.07, 6.45) is 6.84. The number of rotatable bonds is 9. The van der Waals surface area contributed by atoms with Crippen LogP contribution in [0.4, 0.5) is 0 Å². The van der Waals surface area contributed by atoms with Crippen LogP contribution in [0.15, 0.2) is 40.9 Å². The number of hydrogen-bond acceptors (Lipinski definition) is 4. The van der Waals surface area contributed by atoms with Gasteiger partial charge in [-0.2, -0.15) is 0 Å². The minimum Gasteiger partial charge on any atom is -0.497 e. The fourth-order valence-electron chi connectivity index (χ4n) is 3.96. The quantitative estimate of drug-likeness (QED) is 0.222. The van der Waals surface area contributed by atoms with Gasteiger partial charge in [-0.15, -0.1) is 24.0 Å². The van der Waals surface area contributed by atoms with Crippen LogP contribution in [0.1, 0.15) is 44.2 Å². The molecule has 0 saturated carbocycles. The Labute approximate surface area is 198 Å². The van der Waals surface area contributed by atoms with Gasteiger partial charge < -0.3 is 20.1 Å². The average molecular weight is 528 g/mol. The Morgan fingerprint density at radius 3 is 2.60 bits per heavy atom. The molecule has 2 N–H and O–H groups in total. The van der Waals surface area contributed by atoms with Crippen molar-refractivity contribution in [2.45, 2.75) is 38.6 Å². The summed E-state index contributed by atoms with van der Waals surface area (Å²) in [5.41, 5.74) is 2.78. The van der Waals surface area contributed by atoms with E-state index in [-0.39, 0.29) is 24.0 Å². The van der Waals surface area contributed by atoms with Crippen molar-refractivity contribution in [3.05, 3.63) is 41.5 Å². The number of ether oxygens (including phenoxy) is 2. The van der Waals surface area contributed by atoms with Gasteiger partial charge in [0, 0.05) is 13.1 Å². The van der Waals surface area contributed by atoms with Gasteiger partial charge in [-0.25, -0.2) is 0 Å². The van der Waals surface area contributed by atoms with Crippen LogP contribution < -0.4 is 15.4 Å². The lowest BCUT2D eigenvalue weighted by atomic mass is 10.1. The van der Waals surface area contributed by atoms with Crippen molar-refractivity contribution in [3.63, 3.8) is 0 Å². The standard InChI is InChI=1S/C23H36N4O2.HI/c1-3-24-23(25-13-10-19-11-16-29-17-12-19)26-18-22(27-14-4-5-15-27)20-6-8-21(28-2)9-7-20;/h6-9,11,22H,3-5,10,12-18H2,1-2H3,(H2,24,25,26);1H. The van der Waals surface area contributed by atoms with E-state index in [1.807, 2.05) is 12.1 Å². The highest BCUT2D eigenvalue weighted by Gasteiger charge is 2.23. The molecule has 0 radical (unpaired) electrons. The minimum absolute atomic E-state index is 0. The first kappa shape index (κ1) is 24.9. The van der Waals surface area contributed by atoms with Crippen molar-refractivity contribution in [1.82, 2.24) is 15.5 Å². The highest BCUT2D eigenvalue weighted by Crippen LogP contribution is 2.27. The van der Waals surface area contributed by atoms with E-state index >= 15 is 0 Å². The topological polar surface area (TPSA) is 58.1 Å². The number of likely N-dealkylation sites (tertiary alicyclic amines) is 1. The first-order chi connectivity index (χ1) is 14.3. The minimum atomic E-state index is 0. The van der Waals surface area contributed by atoms with E-state index in [2.05, 4.69) is 40.7 Å². The van der Waals surface area contributed by atoms with Crippen LogP contribution in [0.25, 0.3) is 0 Å². The third-order valence-electron chi connectivity index (χ3n) is 5.64. The Kier molecular flexibility index (Phi) is 11.5. The van der Waals surface area contributed by atoms with Gasteiger partial charge in [-0.1, -0.05) is 23.8 Å². The first-order valence-electron chi connectivity index (χ1n) is 11.0. The van der Waals surface area contributed by atoms with Crippen LogP contribution in [-0.4, -0.2) is 63.9 Å². The second-order valence-electron chi connectivity index (χ2n) is 7.62. The van der Waals surface area contributed by atoms with Gasteiger partial charge in [0.25, 0.3) is 0 Å². The van der Waals surface area contributed by atoms with Gasteiger partial charge in [-0.05, 0) is 63.4 Å². The maximum Gasteiger partial charge on any atom is 0.191 e. The number of halogens is 1. The predicted molar refractivity (Wildman–Crippen MR) is 134 cm³/mol. The summed E-state index contributed by atoms with van der Waals surface area (Å²) in [6.45, 7) is 8.51. The lowest BCUT2D eigenvalue weighted by molar-refractivity contribution is 0.153. The molecule has 6 nitrogen and oxygen atoms in total. The zero-order chi connectivity index (χ0) is 20.3. The van der Waals surface area contributed by atoms with Crippen molar-refractivity contribution in [3.8, 4) is 5.75 Å². The van der Waals surface area contributed by atoms with E-state index < -0.39 is 0 Å². The van der Waals surface area contributed by atoms with Crippen LogP contribution >= 0.6 is 24.0 Å². The number of aliphatic imine (C=N–C) groups is 1. The molecule has 0 aromatic heterocycles. The molecule has 3 rings (SSSR count). The molecular formula is C23H37IN4O2. The van der Waals surface area contributed by atoms with Crippen LogP contribution in [-0.2, 0) is 4.74 Å². The summed E-state index contributed by atoms with van der Waals surface area (Å²) in [7, 11) is 1.71. The lowest BCUT2D eigenvalue weighted by Crippen LogP contribution is -2.39. The molecule has 2 aliphatic heterocycles. The van der Waals surface area contributed by atoms with E-state index in [4.69, 9.17) is 14.5 Å². The van der Waals surface area contributed by atoms with Gasteiger partial charge >= 0.3 is 0 Å². The Morgan fingerprint density at radius 2 is 1.97 bits per heavy atom. The van der Waals surface area contributed by atoms with Gasteiger partial charge in [-0.3, -0.25) is 9.89 Å². The number of methoxy groups -OCH3 is 1. The van der Waals surface area contributed by atoms with Crippen molar-refractivity contribution in [2.75, 3.05) is 53.0 Å². The van der Waals surface area contributed by atoms with E-state index in [9.17, 15) is 0 Å². The highest BCUT2D eigenvalue weighted by atomic mass is 127. The smallest absolute Gasteiger partial charge is 0.191 e. The second-order valence-corrected chi connectivity index (χ2v) is 7.62. The van der Waals surface area contributed by atoms with Gasteiger partial charge in [0.1, 0.15) is 5.75 Å².